The lowest BCUT2D eigenvalue weighted by Crippen LogP contribution is -2.49. The molecule has 2 rings (SSSR count). The van der Waals surface area contributed by atoms with Crippen molar-refractivity contribution in [3.8, 4) is 0 Å². The van der Waals surface area contributed by atoms with Crippen molar-refractivity contribution in [1.29, 1.82) is 0 Å². The van der Waals surface area contributed by atoms with Crippen LogP contribution in [0.4, 0.5) is 0 Å². The van der Waals surface area contributed by atoms with Gasteiger partial charge < -0.3 is 0 Å². The van der Waals surface area contributed by atoms with Crippen LogP contribution in [0.1, 0.15) is 19.9 Å². The molecule has 0 saturated carbocycles. The Morgan fingerprint density at radius 1 is 1.46 bits per heavy atom. The lowest BCUT2D eigenvalue weighted by Gasteiger charge is -2.39. The molecule has 0 bridgehead atoms. The van der Waals surface area contributed by atoms with E-state index >= 15 is 0 Å². The highest BCUT2D eigenvalue weighted by Crippen LogP contribution is 2.20. The SMILES string of the molecule is CC(C)CN1CC(n2ccnn2)C1. The first-order valence-electron chi connectivity index (χ1n) is 4.84. The summed E-state index contributed by atoms with van der Waals surface area (Å²) in [7, 11) is 0. The zero-order valence-electron chi connectivity index (χ0n) is 8.22. The van der Waals surface area contributed by atoms with Gasteiger partial charge in [0.2, 0.25) is 0 Å². The molecule has 1 aromatic heterocycles. The molecular weight excluding hydrogens is 164 g/mol. The number of rotatable bonds is 3. The summed E-state index contributed by atoms with van der Waals surface area (Å²) in [6.07, 6.45) is 3.68. The Hall–Kier alpha value is -0.900. The van der Waals surface area contributed by atoms with E-state index in [1.807, 2.05) is 10.9 Å². The van der Waals surface area contributed by atoms with Gasteiger partial charge in [0.1, 0.15) is 0 Å². The predicted octanol–water partition coefficient (Wildman–Crippen LogP) is 0.791. The lowest BCUT2D eigenvalue weighted by atomic mass is 10.1. The van der Waals surface area contributed by atoms with Crippen molar-refractivity contribution in [2.75, 3.05) is 19.6 Å². The largest absolute Gasteiger partial charge is 0.299 e. The number of likely N-dealkylation sites (tertiary alicyclic amines) is 1. The minimum absolute atomic E-state index is 0.557. The molecule has 0 aliphatic carbocycles. The van der Waals surface area contributed by atoms with Gasteiger partial charge in [-0.05, 0) is 5.92 Å². The summed E-state index contributed by atoms with van der Waals surface area (Å²) >= 11 is 0. The minimum atomic E-state index is 0.557. The lowest BCUT2D eigenvalue weighted by molar-refractivity contribution is 0.0848. The Labute approximate surface area is 78.5 Å². The topological polar surface area (TPSA) is 34.0 Å². The summed E-state index contributed by atoms with van der Waals surface area (Å²) < 4.78 is 1.96. The molecule has 1 aromatic rings. The zero-order valence-corrected chi connectivity index (χ0v) is 8.22. The van der Waals surface area contributed by atoms with Crippen molar-refractivity contribution in [3.05, 3.63) is 12.4 Å². The van der Waals surface area contributed by atoms with E-state index in [1.165, 1.54) is 6.54 Å². The fourth-order valence-electron chi connectivity index (χ4n) is 1.79. The van der Waals surface area contributed by atoms with Gasteiger partial charge in [0.05, 0.1) is 12.2 Å². The molecule has 0 atom stereocenters. The Kier molecular flexibility index (Phi) is 2.31. The second-order valence-electron chi connectivity index (χ2n) is 4.15. The molecule has 0 amide bonds. The van der Waals surface area contributed by atoms with E-state index in [0.717, 1.165) is 19.0 Å². The first-order valence-corrected chi connectivity index (χ1v) is 4.84. The average molecular weight is 180 g/mol. The standard InChI is InChI=1S/C9H16N4/c1-8(2)5-12-6-9(7-12)13-4-3-10-11-13/h3-4,8-9H,5-7H2,1-2H3. The number of hydrogen-bond donors (Lipinski definition) is 0. The fraction of sp³-hybridized carbons (Fsp3) is 0.778. The van der Waals surface area contributed by atoms with E-state index < -0.39 is 0 Å². The van der Waals surface area contributed by atoms with Crippen LogP contribution in [-0.4, -0.2) is 39.5 Å². The summed E-state index contributed by atoms with van der Waals surface area (Å²) in [5, 5.41) is 7.80. The van der Waals surface area contributed by atoms with Crippen LogP contribution in [0.25, 0.3) is 0 Å². The van der Waals surface area contributed by atoms with E-state index in [1.54, 1.807) is 6.20 Å². The third-order valence-corrected chi connectivity index (χ3v) is 2.38. The highest BCUT2D eigenvalue weighted by atomic mass is 15.5. The summed E-state index contributed by atoms with van der Waals surface area (Å²) in [6, 6.07) is 0.557. The molecule has 0 unspecified atom stereocenters. The molecular formula is C9H16N4. The zero-order chi connectivity index (χ0) is 9.26. The maximum Gasteiger partial charge on any atom is 0.0790 e. The highest BCUT2D eigenvalue weighted by molar-refractivity contribution is 4.85. The molecule has 0 spiro atoms. The second kappa shape index (κ2) is 3.46. The van der Waals surface area contributed by atoms with Gasteiger partial charge in [0, 0.05) is 25.8 Å². The normalized spacial score (nSPS) is 19.3. The molecule has 0 radical (unpaired) electrons. The number of nitrogens with zero attached hydrogens (tertiary/aromatic N) is 4. The molecule has 13 heavy (non-hydrogen) atoms. The molecule has 2 heterocycles. The van der Waals surface area contributed by atoms with Gasteiger partial charge in [-0.2, -0.15) is 0 Å². The molecule has 4 heteroatoms. The molecule has 0 N–H and O–H groups in total. The fourth-order valence-corrected chi connectivity index (χ4v) is 1.79. The van der Waals surface area contributed by atoms with Crippen molar-refractivity contribution >= 4 is 0 Å². The Morgan fingerprint density at radius 2 is 2.23 bits per heavy atom. The summed E-state index contributed by atoms with van der Waals surface area (Å²) in [4.78, 5) is 2.46. The van der Waals surface area contributed by atoms with Crippen LogP contribution in [-0.2, 0) is 0 Å². The average Bonchev–Trinajstić information content (AvgIpc) is 2.46. The summed E-state index contributed by atoms with van der Waals surface area (Å²) in [5.41, 5.74) is 0. The molecule has 1 aliphatic rings. The highest BCUT2D eigenvalue weighted by Gasteiger charge is 2.28. The van der Waals surface area contributed by atoms with Crippen molar-refractivity contribution in [2.45, 2.75) is 19.9 Å². The van der Waals surface area contributed by atoms with Crippen molar-refractivity contribution in [2.24, 2.45) is 5.92 Å². The molecule has 72 valence electrons. The third kappa shape index (κ3) is 1.88. The first kappa shape index (κ1) is 8.69. The molecule has 0 aromatic carbocycles. The Bertz CT molecular complexity index is 249. The van der Waals surface area contributed by atoms with Crippen LogP contribution in [0.5, 0.6) is 0 Å². The first-order chi connectivity index (χ1) is 6.25. The maximum atomic E-state index is 3.99. The third-order valence-electron chi connectivity index (χ3n) is 2.38. The van der Waals surface area contributed by atoms with Crippen molar-refractivity contribution < 1.29 is 0 Å². The second-order valence-corrected chi connectivity index (χ2v) is 4.15. The Balaban J connectivity index is 1.79. The van der Waals surface area contributed by atoms with E-state index in [2.05, 4.69) is 29.1 Å². The van der Waals surface area contributed by atoms with E-state index in [-0.39, 0.29) is 0 Å². The van der Waals surface area contributed by atoms with Gasteiger partial charge in [-0.3, -0.25) is 4.90 Å². The van der Waals surface area contributed by atoms with Gasteiger partial charge >= 0.3 is 0 Å². The Morgan fingerprint density at radius 3 is 2.77 bits per heavy atom. The van der Waals surface area contributed by atoms with Gasteiger partial charge in [0.25, 0.3) is 0 Å². The maximum absolute atomic E-state index is 3.99. The summed E-state index contributed by atoms with van der Waals surface area (Å²) in [6.45, 7) is 7.96. The van der Waals surface area contributed by atoms with Crippen LogP contribution in [0.2, 0.25) is 0 Å². The van der Waals surface area contributed by atoms with E-state index in [9.17, 15) is 0 Å². The van der Waals surface area contributed by atoms with Crippen LogP contribution >= 0.6 is 0 Å². The van der Waals surface area contributed by atoms with Gasteiger partial charge in [-0.25, -0.2) is 4.68 Å². The number of hydrogen-bond acceptors (Lipinski definition) is 3. The molecule has 4 nitrogen and oxygen atoms in total. The van der Waals surface area contributed by atoms with E-state index in [0.29, 0.717) is 6.04 Å². The molecule has 1 fully saturated rings. The molecule has 1 aliphatic heterocycles. The van der Waals surface area contributed by atoms with Crippen LogP contribution in [0.15, 0.2) is 12.4 Å². The van der Waals surface area contributed by atoms with Crippen molar-refractivity contribution in [1.82, 2.24) is 19.9 Å². The van der Waals surface area contributed by atoms with Crippen LogP contribution in [0, 0.1) is 5.92 Å². The minimum Gasteiger partial charge on any atom is -0.299 e. The van der Waals surface area contributed by atoms with Crippen LogP contribution < -0.4 is 0 Å². The molecule has 1 saturated heterocycles. The number of aromatic nitrogens is 3. The summed E-state index contributed by atoms with van der Waals surface area (Å²) in [5.74, 6) is 0.761. The van der Waals surface area contributed by atoms with Gasteiger partial charge in [0.15, 0.2) is 0 Å². The van der Waals surface area contributed by atoms with Crippen LogP contribution in [0.3, 0.4) is 0 Å². The van der Waals surface area contributed by atoms with Gasteiger partial charge in [-0.1, -0.05) is 19.1 Å². The van der Waals surface area contributed by atoms with Gasteiger partial charge in [-0.15, -0.1) is 5.10 Å². The predicted molar refractivity (Wildman–Crippen MR) is 50.3 cm³/mol. The van der Waals surface area contributed by atoms with Crippen molar-refractivity contribution in [3.63, 3.8) is 0 Å². The quantitative estimate of drug-likeness (QED) is 0.689. The smallest absolute Gasteiger partial charge is 0.0790 e. The van der Waals surface area contributed by atoms with E-state index in [4.69, 9.17) is 0 Å². The monoisotopic (exact) mass is 180 g/mol.